The molecule has 0 radical (unpaired) electrons. The highest BCUT2D eigenvalue weighted by Crippen LogP contribution is 2.33. The van der Waals surface area contributed by atoms with Crippen LogP contribution in [0.3, 0.4) is 0 Å². The Kier molecular flexibility index (Phi) is 6.72. The molecule has 4 heteroatoms. The first kappa shape index (κ1) is 16.4. The zero-order valence-electron chi connectivity index (χ0n) is 11.7. The number of hydrogen-bond acceptors (Lipinski definition) is 3. The second-order valence-electron chi connectivity index (χ2n) is 5.86. The molecule has 0 aliphatic heterocycles. The van der Waals surface area contributed by atoms with Crippen molar-refractivity contribution in [2.75, 3.05) is 26.3 Å². The van der Waals surface area contributed by atoms with Gasteiger partial charge >= 0.3 is 0 Å². The van der Waals surface area contributed by atoms with Gasteiger partial charge in [0.05, 0.1) is 13.2 Å². The predicted molar refractivity (Wildman–Crippen MR) is 68.5 cm³/mol. The minimum Gasteiger partial charge on any atom is -0.395 e. The molecular formula is C13H27NO3. The molecule has 0 fully saturated rings. The van der Waals surface area contributed by atoms with Crippen molar-refractivity contribution in [2.24, 2.45) is 17.3 Å². The molecule has 0 aliphatic rings. The molecule has 0 aromatic heterocycles. The van der Waals surface area contributed by atoms with Crippen LogP contribution in [0.5, 0.6) is 0 Å². The van der Waals surface area contributed by atoms with Gasteiger partial charge in [-0.2, -0.15) is 0 Å². The topological polar surface area (TPSA) is 60.8 Å². The molecule has 0 heterocycles. The maximum atomic E-state index is 12.4. The molecule has 2 N–H and O–H groups in total. The normalized spacial score (nSPS) is 13.9. The summed E-state index contributed by atoms with van der Waals surface area (Å²) < 4.78 is 0. The van der Waals surface area contributed by atoms with Crippen molar-refractivity contribution < 1.29 is 15.0 Å². The summed E-state index contributed by atoms with van der Waals surface area (Å²) in [7, 11) is 0. The fourth-order valence-corrected chi connectivity index (χ4v) is 2.43. The van der Waals surface area contributed by atoms with Gasteiger partial charge in [0.25, 0.3) is 0 Å². The Hall–Kier alpha value is -0.610. The van der Waals surface area contributed by atoms with Crippen LogP contribution < -0.4 is 0 Å². The van der Waals surface area contributed by atoms with Gasteiger partial charge in [-0.15, -0.1) is 0 Å². The Morgan fingerprint density at radius 2 is 1.53 bits per heavy atom. The average Bonchev–Trinajstić information content (AvgIpc) is 2.14. The molecule has 0 rings (SSSR count). The summed E-state index contributed by atoms with van der Waals surface area (Å²) in [6, 6.07) is 0. The number of aliphatic hydroxyl groups is 2. The molecule has 0 saturated carbocycles. The van der Waals surface area contributed by atoms with E-state index in [1.54, 1.807) is 4.90 Å². The minimum absolute atomic E-state index is 0.0237. The summed E-state index contributed by atoms with van der Waals surface area (Å²) in [4.78, 5) is 14.0. The number of amides is 1. The molecule has 0 aromatic carbocycles. The second-order valence-corrected chi connectivity index (χ2v) is 5.86. The lowest BCUT2D eigenvalue weighted by atomic mass is 9.73. The Morgan fingerprint density at radius 3 is 1.76 bits per heavy atom. The molecular weight excluding hydrogens is 218 g/mol. The zero-order chi connectivity index (χ0) is 13.6. The SMILES string of the molecule is CC(C)[C@H](C(=O)N(CCO)CCO)C(C)(C)C. The molecule has 0 aromatic rings. The molecule has 1 amide bonds. The fourth-order valence-electron chi connectivity index (χ4n) is 2.43. The van der Waals surface area contributed by atoms with Crippen molar-refractivity contribution in [3.63, 3.8) is 0 Å². The van der Waals surface area contributed by atoms with Gasteiger partial charge in [-0.25, -0.2) is 0 Å². The summed E-state index contributed by atoms with van der Waals surface area (Å²) in [5.41, 5.74) is -0.117. The van der Waals surface area contributed by atoms with Gasteiger partial charge in [-0.05, 0) is 11.3 Å². The van der Waals surface area contributed by atoms with Gasteiger partial charge in [-0.1, -0.05) is 34.6 Å². The van der Waals surface area contributed by atoms with Crippen LogP contribution in [0.15, 0.2) is 0 Å². The van der Waals surface area contributed by atoms with E-state index in [0.29, 0.717) is 13.1 Å². The molecule has 0 aliphatic carbocycles. The third-order valence-electron chi connectivity index (χ3n) is 2.92. The third-order valence-corrected chi connectivity index (χ3v) is 2.92. The molecule has 0 saturated heterocycles. The molecule has 0 spiro atoms. The first-order valence-electron chi connectivity index (χ1n) is 6.26. The van der Waals surface area contributed by atoms with Gasteiger partial charge in [-0.3, -0.25) is 4.79 Å². The van der Waals surface area contributed by atoms with Gasteiger partial charge < -0.3 is 15.1 Å². The van der Waals surface area contributed by atoms with Gasteiger partial charge in [0.1, 0.15) is 0 Å². The van der Waals surface area contributed by atoms with Crippen LogP contribution in [0.1, 0.15) is 34.6 Å². The summed E-state index contributed by atoms with van der Waals surface area (Å²) in [6.07, 6.45) is 0. The van der Waals surface area contributed by atoms with E-state index in [2.05, 4.69) is 0 Å². The molecule has 1 atom stereocenters. The highest BCUT2D eigenvalue weighted by atomic mass is 16.3. The summed E-state index contributed by atoms with van der Waals surface area (Å²) in [5, 5.41) is 17.9. The van der Waals surface area contributed by atoms with E-state index in [4.69, 9.17) is 10.2 Å². The van der Waals surface area contributed by atoms with Crippen LogP contribution >= 0.6 is 0 Å². The standard InChI is InChI=1S/C13H27NO3/c1-10(2)11(13(3,4)5)12(17)14(6-8-15)7-9-16/h10-11,15-16H,6-9H2,1-5H3/t11-/m1/s1. The number of carbonyl (C=O) groups excluding carboxylic acids is 1. The van der Waals surface area contributed by atoms with E-state index in [1.807, 2.05) is 34.6 Å². The lowest BCUT2D eigenvalue weighted by Crippen LogP contribution is -2.45. The van der Waals surface area contributed by atoms with Gasteiger partial charge in [0, 0.05) is 19.0 Å². The summed E-state index contributed by atoms with van der Waals surface area (Å²) >= 11 is 0. The molecule has 102 valence electrons. The number of hydrogen-bond donors (Lipinski definition) is 2. The number of rotatable bonds is 6. The number of aliphatic hydroxyl groups excluding tert-OH is 2. The van der Waals surface area contributed by atoms with Crippen LogP contribution in [-0.2, 0) is 4.79 Å². The van der Waals surface area contributed by atoms with Crippen LogP contribution in [0.4, 0.5) is 0 Å². The highest BCUT2D eigenvalue weighted by molar-refractivity contribution is 5.79. The third kappa shape index (κ3) is 5.04. The van der Waals surface area contributed by atoms with E-state index in [9.17, 15) is 4.79 Å². The first-order chi connectivity index (χ1) is 7.75. The molecule has 17 heavy (non-hydrogen) atoms. The molecule has 4 nitrogen and oxygen atoms in total. The smallest absolute Gasteiger partial charge is 0.226 e. The van der Waals surface area contributed by atoms with E-state index in [-0.39, 0.29) is 36.4 Å². The first-order valence-corrected chi connectivity index (χ1v) is 6.26. The van der Waals surface area contributed by atoms with Gasteiger partial charge in [0.15, 0.2) is 0 Å². The maximum absolute atomic E-state index is 12.4. The van der Waals surface area contributed by atoms with Crippen molar-refractivity contribution in [3.8, 4) is 0 Å². The average molecular weight is 245 g/mol. The van der Waals surface area contributed by atoms with Crippen LogP contribution in [-0.4, -0.2) is 47.3 Å². The monoisotopic (exact) mass is 245 g/mol. The van der Waals surface area contributed by atoms with Crippen LogP contribution in [0.2, 0.25) is 0 Å². The van der Waals surface area contributed by atoms with Gasteiger partial charge in [0.2, 0.25) is 5.91 Å². The van der Waals surface area contributed by atoms with Crippen LogP contribution in [0, 0.1) is 17.3 Å². The van der Waals surface area contributed by atoms with Crippen molar-refractivity contribution in [2.45, 2.75) is 34.6 Å². The Balaban J connectivity index is 4.91. The highest BCUT2D eigenvalue weighted by Gasteiger charge is 2.36. The Bertz CT molecular complexity index is 227. The van der Waals surface area contributed by atoms with Crippen molar-refractivity contribution in [3.05, 3.63) is 0 Å². The fraction of sp³-hybridized carbons (Fsp3) is 0.923. The minimum atomic E-state index is -0.117. The van der Waals surface area contributed by atoms with Crippen molar-refractivity contribution in [1.29, 1.82) is 0 Å². The van der Waals surface area contributed by atoms with E-state index in [1.165, 1.54) is 0 Å². The Labute approximate surface area is 105 Å². The van der Waals surface area contributed by atoms with E-state index < -0.39 is 0 Å². The number of nitrogens with zero attached hydrogens (tertiary/aromatic N) is 1. The summed E-state index contributed by atoms with van der Waals surface area (Å²) in [6.45, 7) is 10.6. The quantitative estimate of drug-likeness (QED) is 0.737. The summed E-state index contributed by atoms with van der Waals surface area (Å²) in [5.74, 6) is 0.165. The lowest BCUT2D eigenvalue weighted by Gasteiger charge is -2.36. The van der Waals surface area contributed by atoms with Crippen molar-refractivity contribution >= 4 is 5.91 Å². The predicted octanol–water partition coefficient (Wildman–Crippen LogP) is 1.12. The zero-order valence-corrected chi connectivity index (χ0v) is 11.7. The lowest BCUT2D eigenvalue weighted by molar-refractivity contribution is -0.142. The molecule has 0 unspecified atom stereocenters. The Morgan fingerprint density at radius 1 is 1.12 bits per heavy atom. The van der Waals surface area contributed by atoms with E-state index >= 15 is 0 Å². The second kappa shape index (κ2) is 6.97. The van der Waals surface area contributed by atoms with E-state index in [0.717, 1.165) is 0 Å². The van der Waals surface area contributed by atoms with Crippen molar-refractivity contribution in [1.82, 2.24) is 4.90 Å². The number of carbonyl (C=O) groups is 1. The molecule has 0 bridgehead atoms. The largest absolute Gasteiger partial charge is 0.395 e. The maximum Gasteiger partial charge on any atom is 0.226 e. The van der Waals surface area contributed by atoms with Crippen LogP contribution in [0.25, 0.3) is 0 Å².